The molecule has 0 saturated heterocycles. The van der Waals surface area contributed by atoms with E-state index in [4.69, 9.17) is 11.6 Å². The molecule has 0 saturated carbocycles. The van der Waals surface area contributed by atoms with Crippen LogP contribution in [0.25, 0.3) is 21.5 Å². The Kier molecular flexibility index (Phi) is 13.9. The van der Waals surface area contributed by atoms with Gasteiger partial charge in [0, 0.05) is 22.9 Å². The molecule has 1 aromatic heterocycles. The van der Waals surface area contributed by atoms with Crippen LogP contribution in [0.15, 0.2) is 104 Å². The summed E-state index contributed by atoms with van der Waals surface area (Å²) in [6, 6.07) is 15.6. The van der Waals surface area contributed by atoms with E-state index in [1.807, 2.05) is 0 Å². The number of benzene rings is 5. The van der Waals surface area contributed by atoms with Crippen molar-refractivity contribution in [2.75, 3.05) is 10.6 Å². The van der Waals surface area contributed by atoms with Crippen LogP contribution in [0.4, 0.5) is 31.7 Å². The average Bonchev–Trinajstić information content (AvgIpc) is 3.10. The maximum absolute atomic E-state index is 13.8. The van der Waals surface area contributed by atoms with Crippen LogP contribution in [0, 0.1) is 12.0 Å². The number of fused-ring (bicyclic) bond motifs is 2. The van der Waals surface area contributed by atoms with Crippen LogP contribution in [0.1, 0.15) is 15.9 Å². The number of phenols is 1. The van der Waals surface area contributed by atoms with E-state index >= 15 is 0 Å². The zero-order valence-electron chi connectivity index (χ0n) is 28.9. The number of hydrogen-bond donors (Lipinski definition) is 4. The van der Waals surface area contributed by atoms with Crippen molar-refractivity contribution in [3.05, 3.63) is 107 Å². The first-order chi connectivity index (χ1) is 25.7. The Labute approximate surface area is 360 Å². The third kappa shape index (κ3) is 9.77. The van der Waals surface area contributed by atoms with Crippen molar-refractivity contribution in [3.8, 4) is 5.75 Å². The van der Waals surface area contributed by atoms with Gasteiger partial charge in [-0.05, 0) is 52.7 Å². The second-order valence-electron chi connectivity index (χ2n) is 11.3. The molecule has 0 fully saturated rings. The Hall–Kier alpha value is -4.15. The fraction of sp³-hybridized carbons (Fsp3) is 0.0312. The number of anilines is 2. The number of rotatable bonds is 10. The van der Waals surface area contributed by atoms with Crippen LogP contribution in [0.3, 0.4) is 0 Å². The minimum Gasteiger partial charge on any atom is -0.744 e. The molecule has 0 bridgehead atoms. The Balaban J connectivity index is 0.00000360. The average molecular weight is 863 g/mol. The SMILES string of the molecule is O=C(Nc1cc(S(=O)(=O)[O-])cc2cc(S(=O)(=O)[O-])c(N=Nc3ccc4c(CNc5nc(F)nc(F)c5Cl)cccc4c3S(=O)(=O)O)c(O)c12)c1ccccc1.[Li+].[Na+]. The number of carbonyl (C=O) groups is 1. The maximum Gasteiger partial charge on any atom is 1.00 e. The number of carbonyl (C=O) groups excluding carboxylic acids is 1. The molecule has 6 rings (SSSR count). The number of aromatic nitrogens is 2. The van der Waals surface area contributed by atoms with Crippen molar-refractivity contribution in [3.63, 3.8) is 0 Å². The first-order valence-corrected chi connectivity index (χ1v) is 19.6. The second kappa shape index (κ2) is 17.4. The first kappa shape index (κ1) is 45.5. The number of hydrogen-bond acceptors (Lipinski definition) is 15. The van der Waals surface area contributed by atoms with E-state index in [9.17, 15) is 57.6 Å². The van der Waals surface area contributed by atoms with Crippen LogP contribution in [0.5, 0.6) is 5.75 Å². The van der Waals surface area contributed by atoms with Gasteiger partial charge in [0.1, 0.15) is 41.5 Å². The third-order valence-electron chi connectivity index (χ3n) is 7.79. The molecule has 17 nitrogen and oxygen atoms in total. The molecule has 0 spiro atoms. The van der Waals surface area contributed by atoms with Gasteiger partial charge in [-0.1, -0.05) is 54.1 Å². The van der Waals surface area contributed by atoms with E-state index in [2.05, 4.69) is 30.8 Å². The largest absolute Gasteiger partial charge is 1.00 e. The Bertz CT molecular complexity index is 2970. The summed E-state index contributed by atoms with van der Waals surface area (Å²) in [7, 11) is -16.1. The molecular formula is C32H19ClF2LiN6NaO11S3. The third-order valence-corrected chi connectivity index (χ3v) is 10.7. The summed E-state index contributed by atoms with van der Waals surface area (Å²) in [5.41, 5.74) is -1.97. The molecule has 0 unspecified atom stereocenters. The van der Waals surface area contributed by atoms with Crippen molar-refractivity contribution < 1.29 is 106 Å². The molecule has 1 heterocycles. The van der Waals surface area contributed by atoms with E-state index in [1.54, 1.807) is 6.07 Å². The number of azo groups is 1. The van der Waals surface area contributed by atoms with Crippen LogP contribution >= 0.6 is 11.6 Å². The predicted octanol–water partition coefficient (Wildman–Crippen LogP) is -0.237. The van der Waals surface area contributed by atoms with Crippen molar-refractivity contribution >= 4 is 92.3 Å². The first-order valence-electron chi connectivity index (χ1n) is 14.9. The normalized spacial score (nSPS) is 12.0. The van der Waals surface area contributed by atoms with Gasteiger partial charge in [-0.2, -0.15) is 27.2 Å². The van der Waals surface area contributed by atoms with Crippen LogP contribution in [0.2, 0.25) is 5.02 Å². The van der Waals surface area contributed by atoms with Crippen LogP contribution < -0.4 is 59.1 Å². The topological polar surface area (TPSA) is 281 Å². The van der Waals surface area contributed by atoms with Gasteiger partial charge in [-0.3, -0.25) is 9.35 Å². The summed E-state index contributed by atoms with van der Waals surface area (Å²) in [4.78, 5) is 16.1. The van der Waals surface area contributed by atoms with E-state index in [1.165, 1.54) is 48.5 Å². The molecule has 0 atom stereocenters. The second-order valence-corrected chi connectivity index (χ2v) is 15.7. The minimum absolute atomic E-state index is 0. The molecule has 0 radical (unpaired) electrons. The molecule has 284 valence electrons. The van der Waals surface area contributed by atoms with Gasteiger partial charge in [-0.15, -0.1) is 10.2 Å². The standard InChI is InChI=1S/C32H21ClF2N6O11S3.Li.Na/c33-25-29(34)38-32(35)39-30(25)36-14-16-7-4-8-20-19(16)9-10-21(28(20)55(50,51)52)40-41-26-23(54(47,48)49)12-17-11-18(53(44,45)46)13-22(24(17)27(26)42)37-31(43)15-5-2-1-3-6-15;;/h1-13,42H,14H2,(H,37,43)(H,36,38,39)(H,44,45,46)(H,47,48,49)(H,50,51,52);;/q;2*+1/p-2. The number of phenolic OH excluding ortho intramolecular Hbond substituents is 1. The summed E-state index contributed by atoms with van der Waals surface area (Å²) in [6.45, 7) is -0.257. The van der Waals surface area contributed by atoms with E-state index < -0.39 is 107 Å². The minimum atomic E-state index is -5.61. The number of amides is 1. The molecular weight excluding hydrogens is 844 g/mol. The van der Waals surface area contributed by atoms with Crippen molar-refractivity contribution in [1.82, 2.24) is 9.97 Å². The van der Waals surface area contributed by atoms with Gasteiger partial charge in [-0.25, -0.2) is 16.8 Å². The Morgan fingerprint density at radius 2 is 1.54 bits per heavy atom. The number of nitrogens with zero attached hydrogens (tertiary/aromatic N) is 4. The number of nitrogens with one attached hydrogen (secondary N) is 2. The zero-order valence-corrected chi connectivity index (χ0v) is 34.1. The molecule has 5 aromatic carbocycles. The molecule has 0 aliphatic rings. The molecule has 0 aliphatic carbocycles. The number of halogens is 3. The Morgan fingerprint density at radius 1 is 0.860 bits per heavy atom. The quantitative estimate of drug-likeness (QED) is 0.0455. The van der Waals surface area contributed by atoms with Crippen molar-refractivity contribution in [2.24, 2.45) is 10.2 Å². The summed E-state index contributed by atoms with van der Waals surface area (Å²) in [5, 5.41) is 22.0. The summed E-state index contributed by atoms with van der Waals surface area (Å²) >= 11 is 5.81. The zero-order chi connectivity index (χ0) is 40.0. The van der Waals surface area contributed by atoms with Gasteiger partial charge >= 0.3 is 54.5 Å². The summed E-state index contributed by atoms with van der Waals surface area (Å²) in [5.74, 6) is -3.82. The monoisotopic (exact) mass is 862 g/mol. The van der Waals surface area contributed by atoms with Gasteiger partial charge in [0.05, 0.1) is 15.5 Å². The van der Waals surface area contributed by atoms with E-state index in [-0.39, 0.29) is 76.9 Å². The van der Waals surface area contributed by atoms with Gasteiger partial charge < -0.3 is 24.8 Å². The van der Waals surface area contributed by atoms with Gasteiger partial charge in [0.15, 0.2) is 11.6 Å². The molecule has 57 heavy (non-hydrogen) atoms. The van der Waals surface area contributed by atoms with E-state index in [0.29, 0.717) is 18.2 Å². The maximum atomic E-state index is 13.8. The number of aromatic hydroxyl groups is 1. The van der Waals surface area contributed by atoms with Crippen LogP contribution in [-0.2, 0) is 36.9 Å². The fourth-order valence-electron chi connectivity index (χ4n) is 5.46. The smallest absolute Gasteiger partial charge is 0.744 e. The van der Waals surface area contributed by atoms with Gasteiger partial charge in [0.2, 0.25) is 5.95 Å². The molecule has 1 amide bonds. The van der Waals surface area contributed by atoms with Crippen molar-refractivity contribution in [2.45, 2.75) is 21.2 Å². The fourth-order valence-corrected chi connectivity index (χ4v) is 7.62. The van der Waals surface area contributed by atoms with Crippen molar-refractivity contribution in [1.29, 1.82) is 0 Å². The summed E-state index contributed by atoms with van der Waals surface area (Å²) < 4.78 is 136. The Morgan fingerprint density at radius 3 is 2.18 bits per heavy atom. The van der Waals surface area contributed by atoms with Gasteiger partial charge in [0.25, 0.3) is 16.0 Å². The van der Waals surface area contributed by atoms with E-state index in [0.717, 1.165) is 6.07 Å². The molecule has 0 aliphatic heterocycles. The van der Waals surface area contributed by atoms with Crippen LogP contribution in [-0.4, -0.2) is 59.9 Å². The molecule has 25 heteroatoms. The summed E-state index contributed by atoms with van der Waals surface area (Å²) in [6.07, 6.45) is -1.43. The molecule has 4 N–H and O–H groups in total. The molecule has 6 aromatic rings. The predicted molar refractivity (Wildman–Crippen MR) is 188 cm³/mol.